The number of anilines is 6. The Morgan fingerprint density at radius 2 is 0.680 bits per heavy atom. The van der Waals surface area contributed by atoms with Gasteiger partial charge in [-0.15, -0.1) is 0 Å². The minimum Gasteiger partial charge on any atom is -0.310 e. The molecule has 1 aromatic heterocycles. The summed E-state index contributed by atoms with van der Waals surface area (Å²) in [5.74, 6) is 0. The highest BCUT2D eigenvalue weighted by Gasteiger charge is 2.46. The molecule has 0 fully saturated rings. The molecule has 4 heteroatoms. The second-order valence-corrected chi connectivity index (χ2v) is 30.5. The lowest BCUT2D eigenvalue weighted by Crippen LogP contribution is -2.61. The van der Waals surface area contributed by atoms with Crippen molar-refractivity contribution in [3.8, 4) is 83.6 Å². The summed E-state index contributed by atoms with van der Waals surface area (Å²) in [6, 6.07) is 123. The van der Waals surface area contributed by atoms with E-state index in [9.17, 15) is 0 Å². The van der Waals surface area contributed by atoms with Crippen LogP contribution in [0.2, 0.25) is 0 Å². The third-order valence-corrected chi connectivity index (χ3v) is 21.8. The van der Waals surface area contributed by atoms with Crippen molar-refractivity contribution in [2.45, 2.75) is 97.8 Å². The van der Waals surface area contributed by atoms with Crippen LogP contribution in [-0.2, 0) is 17.3 Å². The van der Waals surface area contributed by atoms with Crippen molar-refractivity contribution in [1.29, 1.82) is 0 Å². The lowest BCUT2D eigenvalue weighted by atomic mass is 9.33. The summed E-state index contributed by atoms with van der Waals surface area (Å²) in [6.45, 7) is 16.1. The van der Waals surface area contributed by atoms with E-state index in [1.807, 2.05) is 0 Å². The third-order valence-electron chi connectivity index (χ3n) is 21.8. The molecule has 0 amide bonds. The van der Waals surface area contributed by atoms with Crippen LogP contribution in [0.4, 0.5) is 34.1 Å². The Bertz CT molecular complexity index is 5440. The van der Waals surface area contributed by atoms with Crippen molar-refractivity contribution in [3.05, 3.63) is 338 Å². The van der Waals surface area contributed by atoms with Gasteiger partial charge in [-0.2, -0.15) is 0 Å². The molecule has 0 unspecified atom stereocenters. The highest BCUT2D eigenvalue weighted by Crippen LogP contribution is 2.55. The summed E-state index contributed by atoms with van der Waals surface area (Å²) >= 11 is 0. The first kappa shape index (κ1) is 64.9. The van der Waals surface area contributed by atoms with E-state index in [0.29, 0.717) is 0 Å². The lowest BCUT2D eigenvalue weighted by molar-refractivity contribution is 0.590. The molecule has 0 aliphatic carbocycles. The van der Waals surface area contributed by atoms with Crippen molar-refractivity contribution in [1.82, 2.24) is 4.57 Å². The van der Waals surface area contributed by atoms with Gasteiger partial charge in [0.25, 0.3) is 6.71 Å². The summed E-state index contributed by atoms with van der Waals surface area (Å²) in [6.07, 6.45) is 6.80. The molecule has 0 atom stereocenters. The van der Waals surface area contributed by atoms with Crippen LogP contribution in [0.3, 0.4) is 0 Å². The van der Waals surface area contributed by atoms with E-state index < -0.39 is 0 Å². The number of aryl methyl sites for hydroxylation is 1. The Labute approximate surface area is 609 Å². The molecule has 3 nitrogen and oxygen atoms in total. The first-order valence-electron chi connectivity index (χ1n) is 37.2. The summed E-state index contributed by atoms with van der Waals surface area (Å²) < 4.78 is 2.57. The van der Waals surface area contributed by atoms with Crippen molar-refractivity contribution < 1.29 is 0 Å². The molecular weight excluding hydrogens is 1240 g/mol. The fourth-order valence-corrected chi connectivity index (χ4v) is 16.5. The molecular formula is C99H86BN3. The number of fused-ring (bicyclic) bond motifs is 7. The van der Waals surface area contributed by atoms with E-state index in [2.05, 4.69) is 384 Å². The number of nitrogens with zero attached hydrogens (tertiary/aromatic N) is 3. The molecule has 2 aliphatic rings. The van der Waals surface area contributed by atoms with Gasteiger partial charge in [-0.05, 0) is 191 Å². The Morgan fingerprint density at radius 3 is 1.09 bits per heavy atom. The zero-order valence-electron chi connectivity index (χ0n) is 60.3. The molecule has 0 spiro atoms. The number of benzene rings is 14. The smallest absolute Gasteiger partial charge is 0.252 e. The maximum absolute atomic E-state index is 2.76. The zero-order valence-corrected chi connectivity index (χ0v) is 60.3. The van der Waals surface area contributed by atoms with E-state index in [1.54, 1.807) is 0 Å². The molecule has 0 bridgehead atoms. The summed E-state index contributed by atoms with van der Waals surface area (Å²) in [5, 5.41) is 2.54. The molecule has 0 radical (unpaired) electrons. The number of unbranched alkanes of at least 4 members (excludes halogenated alkanes) is 4. The van der Waals surface area contributed by atoms with Crippen LogP contribution in [0, 0.1) is 0 Å². The minimum absolute atomic E-state index is 0.0513. The molecule has 17 rings (SSSR count). The summed E-state index contributed by atoms with van der Waals surface area (Å²) in [4.78, 5) is 5.48. The van der Waals surface area contributed by atoms with Gasteiger partial charge >= 0.3 is 0 Å². The molecule has 3 heterocycles. The van der Waals surface area contributed by atoms with E-state index in [4.69, 9.17) is 0 Å². The molecule has 15 aromatic rings. The third kappa shape index (κ3) is 12.0. The fourth-order valence-electron chi connectivity index (χ4n) is 16.5. The van der Waals surface area contributed by atoms with Crippen molar-refractivity contribution in [3.63, 3.8) is 0 Å². The SMILES string of the molecule is CCCCCCCc1cc2c3c(c1)N(c1c(-c4ccccc4)cc(-c4ccccc4)cc1-c1ccccc1)c1cc(-n4c5ccc(C(C)(C)C)cc5c5cc(C(C)(C)C)ccc54)ccc1B3c1cc(-c3ccccc3)ccc1N2c1c(-c2ccccc2)cc(-c2ccccc2)cc1-c1ccccc1. The van der Waals surface area contributed by atoms with Gasteiger partial charge < -0.3 is 14.4 Å². The minimum atomic E-state index is -0.214. The van der Waals surface area contributed by atoms with E-state index in [0.717, 1.165) is 81.0 Å². The van der Waals surface area contributed by atoms with Crippen molar-refractivity contribution in [2.75, 3.05) is 9.80 Å². The Hall–Kier alpha value is -11.5. The fraction of sp³-hybridized carbons (Fsp3) is 0.152. The number of hydrogen-bond acceptors (Lipinski definition) is 2. The maximum Gasteiger partial charge on any atom is 0.252 e. The van der Waals surface area contributed by atoms with E-state index in [1.165, 1.54) is 130 Å². The molecule has 103 heavy (non-hydrogen) atoms. The molecule has 0 N–H and O–H groups in total. The molecule has 0 saturated heterocycles. The van der Waals surface area contributed by atoms with Crippen LogP contribution in [0.1, 0.15) is 97.3 Å². The summed E-state index contributed by atoms with van der Waals surface area (Å²) in [5.41, 5.74) is 34.5. The number of hydrogen-bond donors (Lipinski definition) is 0. The Kier molecular flexibility index (Phi) is 16.9. The van der Waals surface area contributed by atoms with Gasteiger partial charge in [0, 0.05) is 61.5 Å². The van der Waals surface area contributed by atoms with Crippen LogP contribution < -0.4 is 26.2 Å². The zero-order chi connectivity index (χ0) is 69.9. The van der Waals surface area contributed by atoms with Crippen LogP contribution in [0.15, 0.2) is 322 Å². The van der Waals surface area contributed by atoms with Crippen LogP contribution in [0.25, 0.3) is 105 Å². The van der Waals surface area contributed by atoms with Gasteiger partial charge in [-0.3, -0.25) is 0 Å². The molecule has 14 aromatic carbocycles. The predicted molar refractivity (Wildman–Crippen MR) is 443 cm³/mol. The maximum atomic E-state index is 2.76. The quantitative estimate of drug-likeness (QED) is 0.0706. The number of rotatable bonds is 16. The first-order chi connectivity index (χ1) is 50.3. The van der Waals surface area contributed by atoms with Gasteiger partial charge in [-0.1, -0.05) is 317 Å². The van der Waals surface area contributed by atoms with Crippen LogP contribution in [-0.4, -0.2) is 11.3 Å². The van der Waals surface area contributed by atoms with Crippen molar-refractivity contribution in [2.24, 2.45) is 0 Å². The van der Waals surface area contributed by atoms with Gasteiger partial charge in [0.15, 0.2) is 0 Å². The molecule has 500 valence electrons. The topological polar surface area (TPSA) is 11.4 Å². The standard InChI is InChI=1S/C99H86BN3/c1-8-9-10-11-19-34-67-57-93-95-94(58-67)103(97-83(73-45-30-17-31-46-73)61-77(70-39-24-14-25-40-70)62-84(97)74-47-32-18-33-48-74)92-66-80(101-89-55-50-78(98(2,3)4)64-85(89)86-65-79(99(5,6)7)51-56-90(86)101)52-53-87(92)100(95)88-63-75(68-35-20-12-21-36-68)49-54-91(88)102(93)96-81(71-41-26-15-27-42-71)59-76(69-37-22-13-23-38-69)60-82(96)72-43-28-16-29-44-72/h12-18,20-33,35-66H,8-11,19,34H2,1-7H3. The lowest BCUT2D eigenvalue weighted by Gasteiger charge is -2.46. The largest absolute Gasteiger partial charge is 0.310 e. The van der Waals surface area contributed by atoms with Crippen LogP contribution >= 0.6 is 0 Å². The van der Waals surface area contributed by atoms with Gasteiger partial charge in [0.05, 0.1) is 22.4 Å². The Morgan fingerprint density at radius 1 is 0.291 bits per heavy atom. The second kappa shape index (κ2) is 26.8. The highest BCUT2D eigenvalue weighted by atomic mass is 15.2. The molecule has 2 aliphatic heterocycles. The monoisotopic (exact) mass is 1330 g/mol. The molecule has 0 saturated carbocycles. The van der Waals surface area contributed by atoms with Crippen LogP contribution in [0.5, 0.6) is 0 Å². The summed E-state index contributed by atoms with van der Waals surface area (Å²) in [7, 11) is 0. The first-order valence-corrected chi connectivity index (χ1v) is 37.2. The average Bonchev–Trinajstić information content (AvgIpc) is 1.28. The van der Waals surface area contributed by atoms with Gasteiger partial charge in [0.1, 0.15) is 0 Å². The van der Waals surface area contributed by atoms with Crippen molar-refractivity contribution >= 4 is 79.0 Å². The van der Waals surface area contributed by atoms with Gasteiger partial charge in [0.2, 0.25) is 0 Å². The second-order valence-electron chi connectivity index (χ2n) is 30.5. The van der Waals surface area contributed by atoms with Gasteiger partial charge in [-0.25, -0.2) is 0 Å². The van der Waals surface area contributed by atoms with E-state index >= 15 is 0 Å². The Balaban J connectivity index is 1.05. The number of aromatic nitrogens is 1. The predicted octanol–water partition coefficient (Wildman–Crippen LogP) is 25.6. The average molecular weight is 1330 g/mol. The van der Waals surface area contributed by atoms with E-state index in [-0.39, 0.29) is 17.5 Å². The highest BCUT2D eigenvalue weighted by molar-refractivity contribution is 7.00. The normalized spacial score (nSPS) is 12.6.